The smallest absolute Gasteiger partial charge is 0.309 e. The van der Waals surface area contributed by atoms with Crippen molar-refractivity contribution < 1.29 is 19.0 Å². The Morgan fingerprint density at radius 1 is 1.00 bits per heavy atom. The topological polar surface area (TPSA) is 48.1 Å². The standard InChI is InChI=1S/C14H20O4/c15-14(9-4-10-6-11(5-9)17-10)16-7-8-1-2-12-13(3-8)18-12/h8-13H,1-7H2. The maximum Gasteiger partial charge on any atom is 0.309 e. The molecule has 5 unspecified atom stereocenters. The van der Waals surface area contributed by atoms with E-state index >= 15 is 0 Å². The van der Waals surface area contributed by atoms with Gasteiger partial charge in [-0.1, -0.05) is 0 Å². The lowest BCUT2D eigenvalue weighted by molar-refractivity contribution is -0.189. The molecule has 4 nitrogen and oxygen atoms in total. The van der Waals surface area contributed by atoms with Gasteiger partial charge in [0.1, 0.15) is 0 Å². The third-order valence-electron chi connectivity index (χ3n) is 4.91. The molecular formula is C14H20O4. The number of esters is 1. The minimum atomic E-state index is 0.00633. The Balaban J connectivity index is 1.23. The number of fused-ring (bicyclic) bond motifs is 3. The van der Waals surface area contributed by atoms with Gasteiger partial charge in [0.25, 0.3) is 0 Å². The zero-order chi connectivity index (χ0) is 12.1. The molecule has 2 aliphatic carbocycles. The summed E-state index contributed by atoms with van der Waals surface area (Å²) in [7, 11) is 0. The number of hydrogen-bond acceptors (Lipinski definition) is 4. The minimum absolute atomic E-state index is 0.00633. The van der Waals surface area contributed by atoms with E-state index in [0.29, 0.717) is 36.9 Å². The molecule has 0 spiro atoms. The molecule has 5 aliphatic rings. The summed E-state index contributed by atoms with van der Waals surface area (Å²) in [6.07, 6.45) is 7.92. The van der Waals surface area contributed by atoms with E-state index in [9.17, 15) is 4.79 Å². The van der Waals surface area contributed by atoms with E-state index in [-0.39, 0.29) is 11.9 Å². The van der Waals surface area contributed by atoms with Gasteiger partial charge in [0, 0.05) is 0 Å². The van der Waals surface area contributed by atoms with Crippen molar-refractivity contribution >= 4 is 5.97 Å². The second-order valence-corrected chi connectivity index (χ2v) is 6.31. The molecule has 3 heterocycles. The number of ether oxygens (including phenoxy) is 3. The van der Waals surface area contributed by atoms with Crippen LogP contribution in [0.15, 0.2) is 0 Å². The maximum atomic E-state index is 12.0. The highest BCUT2D eigenvalue weighted by molar-refractivity contribution is 5.72. The third kappa shape index (κ3) is 2.05. The van der Waals surface area contributed by atoms with Gasteiger partial charge in [0.15, 0.2) is 0 Å². The molecule has 4 heteroatoms. The maximum absolute atomic E-state index is 12.0. The van der Waals surface area contributed by atoms with Crippen LogP contribution in [0.2, 0.25) is 0 Å². The van der Waals surface area contributed by atoms with Crippen LogP contribution in [0.25, 0.3) is 0 Å². The van der Waals surface area contributed by atoms with Crippen molar-refractivity contribution in [1.82, 2.24) is 0 Å². The first-order chi connectivity index (χ1) is 8.78. The average Bonchev–Trinajstić information content (AvgIpc) is 3.13. The summed E-state index contributed by atoms with van der Waals surface area (Å²) in [5.74, 6) is 0.620. The number of hydrogen-bond donors (Lipinski definition) is 0. The lowest BCUT2D eigenvalue weighted by Crippen LogP contribution is -2.47. The van der Waals surface area contributed by atoms with Crippen LogP contribution >= 0.6 is 0 Å². The van der Waals surface area contributed by atoms with E-state index in [4.69, 9.17) is 14.2 Å². The van der Waals surface area contributed by atoms with Crippen LogP contribution < -0.4 is 0 Å². The molecule has 0 aromatic carbocycles. The monoisotopic (exact) mass is 252 g/mol. The molecule has 3 saturated heterocycles. The third-order valence-corrected chi connectivity index (χ3v) is 4.91. The highest BCUT2D eigenvalue weighted by Gasteiger charge is 2.45. The number of carbonyl (C=O) groups is 1. The van der Waals surface area contributed by atoms with E-state index in [0.717, 1.165) is 38.5 Å². The van der Waals surface area contributed by atoms with Crippen molar-refractivity contribution in [3.63, 3.8) is 0 Å². The van der Waals surface area contributed by atoms with Gasteiger partial charge in [0.05, 0.1) is 36.9 Å². The van der Waals surface area contributed by atoms with Gasteiger partial charge in [0.2, 0.25) is 0 Å². The molecule has 0 aromatic rings. The van der Waals surface area contributed by atoms with Crippen LogP contribution in [0, 0.1) is 11.8 Å². The van der Waals surface area contributed by atoms with Crippen molar-refractivity contribution in [2.45, 2.75) is 62.9 Å². The Morgan fingerprint density at radius 3 is 2.50 bits per heavy atom. The van der Waals surface area contributed by atoms with Crippen molar-refractivity contribution in [3.8, 4) is 0 Å². The second-order valence-electron chi connectivity index (χ2n) is 6.31. The molecule has 0 N–H and O–H groups in total. The molecule has 0 aromatic heterocycles. The minimum Gasteiger partial charge on any atom is -0.465 e. The Labute approximate surface area is 107 Å². The van der Waals surface area contributed by atoms with Gasteiger partial charge in [-0.25, -0.2) is 0 Å². The van der Waals surface area contributed by atoms with Crippen molar-refractivity contribution in [2.24, 2.45) is 11.8 Å². The van der Waals surface area contributed by atoms with Gasteiger partial charge in [-0.3, -0.25) is 4.79 Å². The first-order valence-corrected chi connectivity index (χ1v) is 7.25. The molecule has 2 saturated carbocycles. The molecule has 100 valence electrons. The Kier molecular flexibility index (Phi) is 2.62. The molecule has 2 bridgehead atoms. The molecule has 18 heavy (non-hydrogen) atoms. The first-order valence-electron chi connectivity index (χ1n) is 7.25. The highest BCUT2D eigenvalue weighted by Crippen LogP contribution is 2.40. The van der Waals surface area contributed by atoms with E-state index < -0.39 is 0 Å². The molecule has 3 aliphatic heterocycles. The van der Waals surface area contributed by atoms with Gasteiger partial charge >= 0.3 is 5.97 Å². The fourth-order valence-electron chi connectivity index (χ4n) is 3.74. The summed E-state index contributed by atoms with van der Waals surface area (Å²) >= 11 is 0. The fourth-order valence-corrected chi connectivity index (χ4v) is 3.74. The van der Waals surface area contributed by atoms with Crippen LogP contribution in [0.1, 0.15) is 38.5 Å². The SMILES string of the molecule is O=C(OCC1CCC2OC2C1)C1CC2CC(C1)O2. The van der Waals surface area contributed by atoms with E-state index in [1.165, 1.54) is 0 Å². The quantitative estimate of drug-likeness (QED) is 0.566. The molecular weight excluding hydrogens is 232 g/mol. The first kappa shape index (κ1) is 11.2. The van der Waals surface area contributed by atoms with E-state index in [2.05, 4.69) is 0 Å². The van der Waals surface area contributed by atoms with Gasteiger partial charge in [-0.2, -0.15) is 0 Å². The summed E-state index contributed by atoms with van der Waals surface area (Å²) in [5.41, 5.74) is 0. The van der Waals surface area contributed by atoms with Crippen LogP contribution in [0.4, 0.5) is 0 Å². The molecule has 0 radical (unpaired) electrons. The van der Waals surface area contributed by atoms with Crippen molar-refractivity contribution in [3.05, 3.63) is 0 Å². The summed E-state index contributed by atoms with van der Waals surface area (Å²) < 4.78 is 16.5. The summed E-state index contributed by atoms with van der Waals surface area (Å²) in [6, 6.07) is 0. The lowest BCUT2D eigenvalue weighted by Gasteiger charge is -2.44. The molecule has 5 fully saturated rings. The molecule has 5 atom stereocenters. The largest absolute Gasteiger partial charge is 0.465 e. The zero-order valence-electron chi connectivity index (χ0n) is 10.5. The number of rotatable bonds is 3. The average molecular weight is 252 g/mol. The molecule has 5 rings (SSSR count). The van der Waals surface area contributed by atoms with Crippen molar-refractivity contribution in [2.75, 3.05) is 6.61 Å². The predicted molar refractivity (Wildman–Crippen MR) is 63.0 cm³/mol. The van der Waals surface area contributed by atoms with Crippen LogP contribution in [0.3, 0.4) is 0 Å². The normalized spacial score (nSPS) is 48.9. The van der Waals surface area contributed by atoms with Crippen LogP contribution in [-0.4, -0.2) is 37.0 Å². The van der Waals surface area contributed by atoms with Crippen LogP contribution in [-0.2, 0) is 19.0 Å². The highest BCUT2D eigenvalue weighted by atomic mass is 16.6. The Hall–Kier alpha value is -0.610. The Bertz CT molecular complexity index is 340. The number of epoxide rings is 1. The van der Waals surface area contributed by atoms with E-state index in [1.54, 1.807) is 0 Å². The second kappa shape index (κ2) is 4.20. The summed E-state index contributed by atoms with van der Waals surface area (Å²) in [4.78, 5) is 12.0. The molecule has 0 amide bonds. The lowest BCUT2D eigenvalue weighted by atomic mass is 9.81. The number of carbonyl (C=O) groups excluding carboxylic acids is 1. The zero-order valence-corrected chi connectivity index (χ0v) is 10.5. The predicted octanol–water partition coefficient (Wildman–Crippen LogP) is 1.66. The Morgan fingerprint density at radius 2 is 1.78 bits per heavy atom. The van der Waals surface area contributed by atoms with Crippen LogP contribution in [0.5, 0.6) is 0 Å². The van der Waals surface area contributed by atoms with Gasteiger partial charge in [-0.15, -0.1) is 0 Å². The van der Waals surface area contributed by atoms with Gasteiger partial charge < -0.3 is 14.2 Å². The van der Waals surface area contributed by atoms with Gasteiger partial charge in [-0.05, 0) is 44.4 Å². The van der Waals surface area contributed by atoms with E-state index in [1.807, 2.05) is 0 Å². The van der Waals surface area contributed by atoms with Crippen molar-refractivity contribution in [1.29, 1.82) is 0 Å². The summed E-state index contributed by atoms with van der Waals surface area (Å²) in [6.45, 7) is 0.595. The fraction of sp³-hybridized carbons (Fsp3) is 0.929. The summed E-state index contributed by atoms with van der Waals surface area (Å²) in [5, 5.41) is 0.